The molecule has 0 aromatic heterocycles. The number of phenolic OH excluding ortho intramolecular Hbond substituents is 1. The molecule has 0 radical (unpaired) electrons. The molecule has 4 nitrogen and oxygen atoms in total. The fraction of sp³-hybridized carbons (Fsp3) is 0.278. The van der Waals surface area contributed by atoms with E-state index in [1.807, 2.05) is 30.5 Å². The number of benzene rings is 2. The van der Waals surface area contributed by atoms with Gasteiger partial charge in [0.05, 0.1) is 14.2 Å². The molecule has 0 aliphatic rings. The molecule has 0 saturated heterocycles. The van der Waals surface area contributed by atoms with Crippen molar-refractivity contribution in [2.75, 3.05) is 20.5 Å². The number of hydrogen-bond donors (Lipinski definition) is 1. The first-order chi connectivity index (χ1) is 11.1. The summed E-state index contributed by atoms with van der Waals surface area (Å²) in [7, 11) is 2.96. The fourth-order valence-corrected chi connectivity index (χ4v) is 2.72. The summed E-state index contributed by atoms with van der Waals surface area (Å²) in [4.78, 5) is 13.6. The maximum atomic E-state index is 12.5. The molecule has 0 aliphatic heterocycles. The first-order valence-corrected chi connectivity index (χ1v) is 8.42. The van der Waals surface area contributed by atoms with E-state index >= 15 is 0 Å². The van der Waals surface area contributed by atoms with Gasteiger partial charge in [0.2, 0.25) is 0 Å². The predicted molar refractivity (Wildman–Crippen MR) is 92.1 cm³/mol. The molecule has 2 aromatic rings. The molecule has 5 heteroatoms. The molecule has 2 rings (SSSR count). The Morgan fingerprint density at radius 3 is 2.39 bits per heavy atom. The van der Waals surface area contributed by atoms with Crippen LogP contribution in [0.25, 0.3) is 0 Å². The molecule has 0 atom stereocenters. The normalized spacial score (nSPS) is 10.4. The number of carbonyl (C=O) groups is 1. The van der Waals surface area contributed by atoms with E-state index in [0.29, 0.717) is 24.3 Å². The predicted octanol–water partition coefficient (Wildman–Crippen LogP) is 3.95. The summed E-state index contributed by atoms with van der Waals surface area (Å²) >= 11 is 1.68. The number of methoxy groups -OCH3 is 2. The average molecular weight is 332 g/mol. The van der Waals surface area contributed by atoms with Crippen molar-refractivity contribution in [3.05, 3.63) is 47.5 Å². The van der Waals surface area contributed by atoms with E-state index in [9.17, 15) is 9.90 Å². The van der Waals surface area contributed by atoms with E-state index in [4.69, 9.17) is 9.47 Å². The zero-order valence-electron chi connectivity index (χ0n) is 13.5. The molecule has 0 unspecified atom stereocenters. The van der Waals surface area contributed by atoms with Gasteiger partial charge >= 0.3 is 0 Å². The molecule has 0 aliphatic carbocycles. The highest BCUT2D eigenvalue weighted by Gasteiger charge is 2.19. The maximum Gasteiger partial charge on any atom is 0.170 e. The third-order valence-electron chi connectivity index (χ3n) is 3.59. The summed E-state index contributed by atoms with van der Waals surface area (Å²) in [5.74, 6) is 0.494. The van der Waals surface area contributed by atoms with Gasteiger partial charge in [-0.25, -0.2) is 0 Å². The lowest BCUT2D eigenvalue weighted by molar-refractivity contribution is 0.0977. The zero-order valence-corrected chi connectivity index (χ0v) is 14.3. The van der Waals surface area contributed by atoms with E-state index in [-0.39, 0.29) is 17.1 Å². The largest absolute Gasteiger partial charge is 0.507 e. The average Bonchev–Trinajstić information content (AvgIpc) is 2.59. The third kappa shape index (κ3) is 4.20. The Labute approximate surface area is 140 Å². The summed E-state index contributed by atoms with van der Waals surface area (Å²) in [6.07, 6.45) is 2.94. The Balaban J connectivity index is 2.13. The van der Waals surface area contributed by atoms with Gasteiger partial charge in [-0.2, -0.15) is 0 Å². The SMILES string of the molecule is COc1cc(O)c(C(=O)CCc2ccc(SC)cc2)c(OC)c1. The summed E-state index contributed by atoms with van der Waals surface area (Å²) in [5, 5.41) is 10.1. The van der Waals surface area contributed by atoms with E-state index in [1.165, 1.54) is 25.2 Å². The highest BCUT2D eigenvalue weighted by atomic mass is 32.2. The van der Waals surface area contributed by atoms with Gasteiger partial charge in [-0.1, -0.05) is 12.1 Å². The maximum absolute atomic E-state index is 12.5. The van der Waals surface area contributed by atoms with Crippen LogP contribution >= 0.6 is 11.8 Å². The smallest absolute Gasteiger partial charge is 0.170 e. The number of hydrogen-bond acceptors (Lipinski definition) is 5. The Morgan fingerprint density at radius 1 is 1.13 bits per heavy atom. The minimum Gasteiger partial charge on any atom is -0.507 e. The summed E-state index contributed by atoms with van der Waals surface area (Å²) in [6, 6.07) is 11.1. The summed E-state index contributed by atoms with van der Waals surface area (Å²) < 4.78 is 10.3. The van der Waals surface area contributed by atoms with Crippen molar-refractivity contribution in [3.63, 3.8) is 0 Å². The van der Waals surface area contributed by atoms with Gasteiger partial charge in [-0.15, -0.1) is 11.8 Å². The minimum absolute atomic E-state index is 0.121. The molecule has 0 saturated carbocycles. The third-order valence-corrected chi connectivity index (χ3v) is 4.33. The molecule has 23 heavy (non-hydrogen) atoms. The molecule has 2 aromatic carbocycles. The Bertz CT molecular complexity index is 680. The molecule has 0 spiro atoms. The van der Waals surface area contributed by atoms with Crippen LogP contribution in [-0.2, 0) is 6.42 Å². The van der Waals surface area contributed by atoms with Crippen LogP contribution in [0.15, 0.2) is 41.3 Å². The molecular weight excluding hydrogens is 312 g/mol. The zero-order chi connectivity index (χ0) is 16.8. The minimum atomic E-state index is -0.157. The molecule has 0 amide bonds. The van der Waals surface area contributed by atoms with Gasteiger partial charge in [0.25, 0.3) is 0 Å². The van der Waals surface area contributed by atoms with Crippen LogP contribution in [0.3, 0.4) is 0 Å². The molecular formula is C18H20O4S. The van der Waals surface area contributed by atoms with Crippen LogP contribution in [0, 0.1) is 0 Å². The molecule has 0 bridgehead atoms. The Hall–Kier alpha value is -2.14. The van der Waals surface area contributed by atoms with Gasteiger partial charge in [0.1, 0.15) is 22.8 Å². The van der Waals surface area contributed by atoms with Crippen molar-refractivity contribution in [2.45, 2.75) is 17.7 Å². The number of rotatable bonds is 7. The number of carbonyl (C=O) groups excluding carboxylic acids is 1. The first-order valence-electron chi connectivity index (χ1n) is 7.20. The van der Waals surface area contributed by atoms with E-state index in [1.54, 1.807) is 17.8 Å². The second-order valence-electron chi connectivity index (χ2n) is 5.00. The highest BCUT2D eigenvalue weighted by molar-refractivity contribution is 7.98. The number of ketones is 1. The van der Waals surface area contributed by atoms with Gasteiger partial charge in [0.15, 0.2) is 5.78 Å². The first kappa shape index (κ1) is 17.2. The van der Waals surface area contributed by atoms with Crippen LogP contribution < -0.4 is 9.47 Å². The number of aromatic hydroxyl groups is 1. The Kier molecular flexibility index (Phi) is 5.93. The molecule has 1 N–H and O–H groups in total. The van der Waals surface area contributed by atoms with Crippen molar-refractivity contribution in [1.82, 2.24) is 0 Å². The van der Waals surface area contributed by atoms with Gasteiger partial charge in [-0.3, -0.25) is 4.79 Å². The topological polar surface area (TPSA) is 55.8 Å². The van der Waals surface area contributed by atoms with E-state index in [0.717, 1.165) is 5.56 Å². The second kappa shape index (κ2) is 7.92. The molecule has 0 fully saturated rings. The van der Waals surface area contributed by atoms with Crippen LogP contribution in [0.2, 0.25) is 0 Å². The van der Waals surface area contributed by atoms with Gasteiger partial charge in [0, 0.05) is 23.4 Å². The van der Waals surface area contributed by atoms with Crippen molar-refractivity contribution < 1.29 is 19.4 Å². The standard InChI is InChI=1S/C18H20O4S/c1-21-13-10-16(20)18(17(11-13)22-2)15(19)9-6-12-4-7-14(23-3)8-5-12/h4-5,7-8,10-11,20H,6,9H2,1-3H3. The Morgan fingerprint density at radius 2 is 1.83 bits per heavy atom. The molecule has 122 valence electrons. The van der Waals surface area contributed by atoms with Crippen molar-refractivity contribution >= 4 is 17.5 Å². The van der Waals surface area contributed by atoms with E-state index < -0.39 is 0 Å². The van der Waals surface area contributed by atoms with Crippen LogP contribution in [0.4, 0.5) is 0 Å². The van der Waals surface area contributed by atoms with Crippen LogP contribution in [0.5, 0.6) is 17.2 Å². The monoisotopic (exact) mass is 332 g/mol. The van der Waals surface area contributed by atoms with Crippen LogP contribution in [-0.4, -0.2) is 31.4 Å². The van der Waals surface area contributed by atoms with Crippen molar-refractivity contribution in [3.8, 4) is 17.2 Å². The lowest BCUT2D eigenvalue weighted by Crippen LogP contribution is -2.05. The van der Waals surface area contributed by atoms with Gasteiger partial charge in [-0.05, 0) is 30.4 Å². The number of thioether (sulfide) groups is 1. The van der Waals surface area contributed by atoms with Gasteiger partial charge < -0.3 is 14.6 Å². The van der Waals surface area contributed by atoms with Crippen molar-refractivity contribution in [2.24, 2.45) is 0 Å². The quantitative estimate of drug-likeness (QED) is 0.615. The van der Waals surface area contributed by atoms with E-state index in [2.05, 4.69) is 0 Å². The number of ether oxygens (including phenoxy) is 2. The number of Topliss-reactive ketones (excluding diaryl/α,β-unsaturated/α-hetero) is 1. The van der Waals surface area contributed by atoms with Crippen LogP contribution in [0.1, 0.15) is 22.3 Å². The second-order valence-corrected chi connectivity index (χ2v) is 5.87. The lowest BCUT2D eigenvalue weighted by Gasteiger charge is -2.12. The highest BCUT2D eigenvalue weighted by Crippen LogP contribution is 2.34. The fourth-order valence-electron chi connectivity index (χ4n) is 2.31. The number of phenols is 1. The summed E-state index contributed by atoms with van der Waals surface area (Å²) in [6.45, 7) is 0. The number of aryl methyl sites for hydroxylation is 1. The van der Waals surface area contributed by atoms with Crippen molar-refractivity contribution in [1.29, 1.82) is 0 Å². The lowest BCUT2D eigenvalue weighted by atomic mass is 10.0. The summed E-state index contributed by atoms with van der Waals surface area (Å²) in [5.41, 5.74) is 1.29. The molecule has 0 heterocycles.